The number of likely N-dealkylation sites (N-methyl/N-ethyl adjacent to an activating group) is 1. The molecule has 0 bridgehead atoms. The zero-order valence-electron chi connectivity index (χ0n) is 17.2. The number of amides is 1. The molecule has 2 unspecified atom stereocenters. The summed E-state index contributed by atoms with van der Waals surface area (Å²) < 4.78 is 13.5. The van der Waals surface area contributed by atoms with Gasteiger partial charge in [-0.05, 0) is 67.4 Å². The van der Waals surface area contributed by atoms with Crippen LogP contribution in [0.15, 0.2) is 36.4 Å². The molecule has 0 saturated carbocycles. The fraction of sp³-hybridized carbons (Fsp3) is 0.435. The van der Waals surface area contributed by atoms with Crippen LogP contribution in [0, 0.1) is 19.7 Å². The Balaban J connectivity index is 1.68. The number of rotatable bonds is 3. The summed E-state index contributed by atoms with van der Waals surface area (Å²) in [6.45, 7) is 7.54. The molecule has 1 fully saturated rings. The zero-order valence-corrected chi connectivity index (χ0v) is 18.1. The molecule has 6 heteroatoms. The molecule has 0 radical (unpaired) electrons. The highest BCUT2D eigenvalue weighted by molar-refractivity contribution is 7.80. The van der Waals surface area contributed by atoms with E-state index in [-0.39, 0.29) is 23.1 Å². The number of thiol groups is 1. The van der Waals surface area contributed by atoms with E-state index in [1.165, 1.54) is 23.3 Å². The summed E-state index contributed by atoms with van der Waals surface area (Å²) in [5.41, 5.74) is 5.60. The third kappa shape index (κ3) is 3.88. The molecule has 2 aliphatic rings. The van der Waals surface area contributed by atoms with Crippen LogP contribution < -0.4 is 4.90 Å². The number of halogens is 1. The monoisotopic (exact) mass is 413 g/mol. The first-order valence-corrected chi connectivity index (χ1v) is 10.7. The molecule has 0 aromatic heterocycles. The van der Waals surface area contributed by atoms with Crippen molar-refractivity contribution in [2.24, 2.45) is 0 Å². The van der Waals surface area contributed by atoms with E-state index in [1.807, 2.05) is 4.90 Å². The van der Waals surface area contributed by atoms with Gasteiger partial charge >= 0.3 is 0 Å². The summed E-state index contributed by atoms with van der Waals surface area (Å²) in [4.78, 5) is 19.5. The number of aryl methyl sites for hydroxylation is 2. The number of carbonyl (C=O) groups excluding carboxylic acids is 1. The van der Waals surface area contributed by atoms with Crippen LogP contribution >= 0.6 is 12.6 Å². The van der Waals surface area contributed by atoms with Gasteiger partial charge in [0.15, 0.2) is 0 Å². The Morgan fingerprint density at radius 2 is 1.62 bits per heavy atom. The molecule has 154 valence electrons. The van der Waals surface area contributed by atoms with E-state index in [9.17, 15) is 9.18 Å². The first-order chi connectivity index (χ1) is 13.8. The number of carbonyl (C=O) groups is 1. The van der Waals surface area contributed by atoms with Gasteiger partial charge in [0.2, 0.25) is 5.91 Å². The second-order valence-corrected chi connectivity index (χ2v) is 8.72. The van der Waals surface area contributed by atoms with Gasteiger partial charge in [-0.1, -0.05) is 12.1 Å². The minimum absolute atomic E-state index is 0.107. The van der Waals surface area contributed by atoms with Gasteiger partial charge in [0.05, 0.1) is 17.8 Å². The molecule has 0 N–H and O–H groups in total. The second kappa shape index (κ2) is 8.00. The number of piperazine rings is 1. The van der Waals surface area contributed by atoms with Gasteiger partial charge in [0.25, 0.3) is 0 Å². The molecule has 2 atom stereocenters. The topological polar surface area (TPSA) is 26.8 Å². The number of fused-ring (bicyclic) bond motifs is 1. The maximum Gasteiger partial charge on any atom is 0.225 e. The fourth-order valence-electron chi connectivity index (χ4n) is 4.34. The quantitative estimate of drug-likeness (QED) is 0.768. The Labute approximate surface area is 177 Å². The predicted molar refractivity (Wildman–Crippen MR) is 118 cm³/mol. The van der Waals surface area contributed by atoms with Gasteiger partial charge in [-0.2, -0.15) is 0 Å². The van der Waals surface area contributed by atoms with Crippen molar-refractivity contribution in [3.05, 3.63) is 64.5 Å². The van der Waals surface area contributed by atoms with Crippen LogP contribution in [0.5, 0.6) is 0 Å². The smallest absolute Gasteiger partial charge is 0.225 e. The van der Waals surface area contributed by atoms with Crippen molar-refractivity contribution < 1.29 is 9.18 Å². The highest BCUT2D eigenvalue weighted by Crippen LogP contribution is 2.49. The van der Waals surface area contributed by atoms with E-state index < -0.39 is 0 Å². The molecule has 4 nitrogen and oxygen atoms in total. The van der Waals surface area contributed by atoms with E-state index in [1.54, 1.807) is 12.1 Å². The lowest BCUT2D eigenvalue weighted by Crippen LogP contribution is -2.47. The molecule has 1 amide bonds. The summed E-state index contributed by atoms with van der Waals surface area (Å²) in [6.07, 6.45) is 0.396. The maximum atomic E-state index is 13.5. The molecule has 2 heterocycles. The van der Waals surface area contributed by atoms with E-state index in [0.29, 0.717) is 6.42 Å². The van der Waals surface area contributed by atoms with Crippen LogP contribution in [0.1, 0.15) is 40.1 Å². The van der Waals surface area contributed by atoms with Crippen molar-refractivity contribution >= 4 is 24.2 Å². The molecule has 29 heavy (non-hydrogen) atoms. The van der Waals surface area contributed by atoms with Gasteiger partial charge in [0, 0.05) is 31.9 Å². The molecule has 0 aliphatic carbocycles. The average Bonchev–Trinajstić information content (AvgIpc) is 2.95. The predicted octanol–water partition coefficient (Wildman–Crippen LogP) is 4.10. The molecule has 2 aliphatic heterocycles. The van der Waals surface area contributed by atoms with Crippen molar-refractivity contribution in [2.75, 3.05) is 38.1 Å². The maximum absolute atomic E-state index is 13.5. The Kier molecular flexibility index (Phi) is 5.58. The second-order valence-electron chi connectivity index (χ2n) is 8.23. The van der Waals surface area contributed by atoms with Gasteiger partial charge in [-0.25, -0.2) is 4.39 Å². The van der Waals surface area contributed by atoms with Crippen LogP contribution in [0.2, 0.25) is 0 Å². The summed E-state index contributed by atoms with van der Waals surface area (Å²) in [6, 6.07) is 10.8. The van der Waals surface area contributed by atoms with E-state index >= 15 is 0 Å². The SMILES string of the molecule is Cc1cc2c(cc1C)C(CC(=O)N1CCN(C)CC1)N(c1ccc(F)cc1)C2S. The van der Waals surface area contributed by atoms with Crippen LogP contribution in [0.3, 0.4) is 0 Å². The number of benzene rings is 2. The lowest BCUT2D eigenvalue weighted by atomic mass is 9.96. The zero-order chi connectivity index (χ0) is 20.7. The number of nitrogens with zero attached hydrogens (tertiary/aromatic N) is 3. The molecule has 4 rings (SSSR count). The number of hydrogen-bond donors (Lipinski definition) is 1. The van der Waals surface area contributed by atoms with Crippen molar-refractivity contribution in [3.8, 4) is 0 Å². The normalized spacial score (nSPS) is 22.1. The minimum atomic E-state index is -0.266. The van der Waals surface area contributed by atoms with Crippen molar-refractivity contribution in [3.63, 3.8) is 0 Å². The van der Waals surface area contributed by atoms with Gasteiger partial charge in [-0.15, -0.1) is 12.6 Å². The molecular formula is C23H28FN3OS. The average molecular weight is 414 g/mol. The van der Waals surface area contributed by atoms with Gasteiger partial charge in [-0.3, -0.25) is 4.79 Å². The Hall–Kier alpha value is -2.05. The summed E-state index contributed by atoms with van der Waals surface area (Å²) in [5, 5.41) is -0.167. The van der Waals surface area contributed by atoms with Crippen LogP contribution in [0.25, 0.3) is 0 Å². The van der Waals surface area contributed by atoms with Crippen molar-refractivity contribution in [1.82, 2.24) is 9.80 Å². The molecule has 2 aromatic rings. The first-order valence-electron chi connectivity index (χ1n) is 10.1. The highest BCUT2D eigenvalue weighted by Gasteiger charge is 2.39. The van der Waals surface area contributed by atoms with Crippen molar-refractivity contribution in [2.45, 2.75) is 31.7 Å². The van der Waals surface area contributed by atoms with Crippen LogP contribution in [0.4, 0.5) is 10.1 Å². The van der Waals surface area contributed by atoms with E-state index in [4.69, 9.17) is 12.6 Å². The third-order valence-electron chi connectivity index (χ3n) is 6.28. The molecule has 0 spiro atoms. The standard InChI is InChI=1S/C23H28FN3OS/c1-15-12-19-20(13-16(15)2)23(29)27(18-6-4-17(24)5-7-18)21(19)14-22(28)26-10-8-25(3)9-11-26/h4-7,12-13,21,23,29H,8-11,14H2,1-3H3. The fourth-order valence-corrected chi connectivity index (χ4v) is 4.85. The lowest BCUT2D eigenvalue weighted by molar-refractivity contribution is -0.133. The third-order valence-corrected chi connectivity index (χ3v) is 6.81. The Morgan fingerprint density at radius 3 is 2.24 bits per heavy atom. The number of anilines is 1. The summed E-state index contributed by atoms with van der Waals surface area (Å²) in [7, 11) is 2.09. The Morgan fingerprint density at radius 1 is 1.03 bits per heavy atom. The van der Waals surface area contributed by atoms with Gasteiger partial charge < -0.3 is 14.7 Å². The Bertz CT molecular complexity index is 909. The first kappa shape index (κ1) is 20.2. The molecule has 1 saturated heterocycles. The number of hydrogen-bond acceptors (Lipinski definition) is 4. The lowest BCUT2D eigenvalue weighted by Gasteiger charge is -2.35. The molecule has 2 aromatic carbocycles. The van der Waals surface area contributed by atoms with E-state index in [0.717, 1.165) is 43.0 Å². The highest BCUT2D eigenvalue weighted by atomic mass is 32.1. The minimum Gasteiger partial charge on any atom is -0.348 e. The largest absolute Gasteiger partial charge is 0.348 e. The summed E-state index contributed by atoms with van der Waals surface area (Å²) >= 11 is 4.91. The molecular weight excluding hydrogens is 385 g/mol. The van der Waals surface area contributed by atoms with Crippen LogP contribution in [-0.2, 0) is 4.79 Å². The van der Waals surface area contributed by atoms with E-state index in [2.05, 4.69) is 42.8 Å². The van der Waals surface area contributed by atoms with Crippen molar-refractivity contribution in [1.29, 1.82) is 0 Å². The van der Waals surface area contributed by atoms with Gasteiger partial charge in [0.1, 0.15) is 5.82 Å². The summed E-state index contributed by atoms with van der Waals surface area (Å²) in [5.74, 6) is -0.0975. The van der Waals surface area contributed by atoms with Crippen LogP contribution in [-0.4, -0.2) is 48.9 Å².